The van der Waals surface area contributed by atoms with E-state index in [1.54, 1.807) is 43.2 Å². The molecular weight excluding hydrogens is 968 g/mol. The number of benzene rings is 3. The minimum absolute atomic E-state index is 0.0683. The Bertz CT molecular complexity index is 3240. The standard InChI is InChI=1S/C51H54F3N11O7S/c1-29(31-8-11-34(52)12-9-31)72-41-25-32(10-13-38(41)60-73(70,71)51(53)54)45-44-46(61(2)59-45)37(27-56-47(44)55)33-26-57-64(28-33)35-18-21-62(22-19-35)20-4-5-30-16-23-63(24-17-30)39-7-3-6-36-43(39)50(69)65(49(36)68)40-14-15-42(66)58-48(40)67/h3,6-13,25-30,35,40,51,60H,4-5,14-24H2,1-2H3,(H2,55,56)(H,58,66,67)/t29-,40?/m0/s1. The number of nitrogens with two attached hydrogens (primary N) is 1. The molecule has 22 heteroatoms. The number of hydrogen-bond acceptors (Lipinski definition) is 13. The van der Waals surface area contributed by atoms with E-state index >= 15 is 0 Å². The Morgan fingerprint density at radius 2 is 1.66 bits per heavy atom. The number of rotatable bonds is 15. The maximum atomic E-state index is 13.7. The highest BCUT2D eigenvalue weighted by Gasteiger charge is 2.46. The number of halogens is 3. The minimum atomic E-state index is -5.06. The highest BCUT2D eigenvalue weighted by molar-refractivity contribution is 7.93. The predicted octanol–water partition coefficient (Wildman–Crippen LogP) is 7.06. The molecule has 10 rings (SSSR count). The van der Waals surface area contributed by atoms with Gasteiger partial charge in [0, 0.05) is 68.7 Å². The van der Waals surface area contributed by atoms with E-state index in [0.717, 1.165) is 87.3 Å². The molecule has 4 amide bonds. The van der Waals surface area contributed by atoms with Crippen molar-refractivity contribution in [2.45, 2.75) is 82.2 Å². The van der Waals surface area contributed by atoms with Crippen molar-refractivity contribution >= 4 is 61.7 Å². The number of carbonyl (C=O) groups is 4. The second kappa shape index (κ2) is 19.9. The van der Waals surface area contributed by atoms with Crippen LogP contribution >= 0.6 is 0 Å². The molecule has 2 atom stereocenters. The Labute approximate surface area is 418 Å². The Kier molecular flexibility index (Phi) is 13.5. The van der Waals surface area contributed by atoms with Crippen molar-refractivity contribution in [3.05, 3.63) is 102 Å². The van der Waals surface area contributed by atoms with Crippen LogP contribution in [0.25, 0.3) is 33.3 Å². The molecule has 0 radical (unpaired) electrons. The third-order valence-electron chi connectivity index (χ3n) is 14.6. The number of likely N-dealkylation sites (tertiary alicyclic amines) is 1. The maximum Gasteiger partial charge on any atom is 0.355 e. The predicted molar refractivity (Wildman–Crippen MR) is 266 cm³/mol. The molecule has 3 fully saturated rings. The molecule has 4 N–H and O–H groups in total. The maximum absolute atomic E-state index is 13.7. The van der Waals surface area contributed by atoms with E-state index in [9.17, 15) is 40.8 Å². The van der Waals surface area contributed by atoms with Gasteiger partial charge in [-0.1, -0.05) is 24.3 Å². The molecule has 1 unspecified atom stereocenters. The van der Waals surface area contributed by atoms with Crippen molar-refractivity contribution in [1.29, 1.82) is 0 Å². The van der Waals surface area contributed by atoms with Crippen molar-refractivity contribution in [1.82, 2.24) is 39.7 Å². The number of carbonyl (C=O) groups excluding carboxylic acids is 4. The lowest BCUT2D eigenvalue weighted by atomic mass is 9.91. The molecule has 6 aromatic rings. The molecule has 0 saturated carbocycles. The molecule has 3 aromatic heterocycles. The summed E-state index contributed by atoms with van der Waals surface area (Å²) in [7, 11) is -3.30. The zero-order chi connectivity index (χ0) is 51.3. The average Bonchev–Trinajstić information content (AvgIpc) is 4.08. The van der Waals surface area contributed by atoms with Crippen LogP contribution < -0.4 is 25.4 Å². The SMILES string of the molecule is C[C@H](Oc1cc(-c2nn(C)c3c(-c4cnn(C5CCN(CCCC6CCN(c7cccc8c7C(=O)N(C7CCC(=O)NC7=O)C8=O)CC6)CC5)c4)cnc(N)c23)ccc1NS(=O)(=O)C(F)F)c1ccc(F)cc1. The van der Waals surface area contributed by atoms with Crippen LogP contribution in [-0.4, -0.2) is 111 Å². The lowest BCUT2D eigenvalue weighted by molar-refractivity contribution is -0.136. The molecule has 3 aromatic carbocycles. The Morgan fingerprint density at radius 1 is 0.904 bits per heavy atom. The Morgan fingerprint density at radius 3 is 2.38 bits per heavy atom. The number of nitrogens with one attached hydrogen (secondary N) is 2. The van der Waals surface area contributed by atoms with Crippen molar-refractivity contribution in [2.24, 2.45) is 13.0 Å². The molecule has 0 bridgehead atoms. The number of pyridine rings is 1. The first kappa shape index (κ1) is 49.3. The van der Waals surface area contributed by atoms with Crippen LogP contribution in [0.5, 0.6) is 5.75 Å². The molecule has 0 aliphatic carbocycles. The quantitative estimate of drug-likeness (QED) is 0.0879. The first-order valence-electron chi connectivity index (χ1n) is 24.4. The normalized spacial score (nSPS) is 18.7. The highest BCUT2D eigenvalue weighted by atomic mass is 32.2. The smallest absolute Gasteiger partial charge is 0.355 e. The summed E-state index contributed by atoms with van der Waals surface area (Å²) in [4.78, 5) is 61.7. The van der Waals surface area contributed by atoms with E-state index < -0.39 is 57.4 Å². The highest BCUT2D eigenvalue weighted by Crippen LogP contribution is 2.42. The fourth-order valence-electron chi connectivity index (χ4n) is 10.7. The summed E-state index contributed by atoms with van der Waals surface area (Å²) < 4.78 is 77.0. The van der Waals surface area contributed by atoms with Crippen molar-refractivity contribution in [3.63, 3.8) is 0 Å². The van der Waals surface area contributed by atoms with Crippen molar-refractivity contribution in [3.8, 4) is 28.1 Å². The van der Waals surface area contributed by atoms with Gasteiger partial charge in [0.05, 0.1) is 45.6 Å². The van der Waals surface area contributed by atoms with Gasteiger partial charge in [0.25, 0.3) is 21.8 Å². The molecule has 4 aliphatic heterocycles. The third-order valence-corrected chi connectivity index (χ3v) is 15.6. The van der Waals surface area contributed by atoms with E-state index in [2.05, 4.69) is 20.1 Å². The molecule has 3 saturated heterocycles. The second-order valence-electron chi connectivity index (χ2n) is 19.2. The zero-order valence-corrected chi connectivity index (χ0v) is 41.0. The fraction of sp³-hybridized carbons (Fsp3) is 0.392. The van der Waals surface area contributed by atoms with E-state index in [-0.39, 0.29) is 36.1 Å². The summed E-state index contributed by atoms with van der Waals surface area (Å²) in [5.41, 5.74) is 11.3. The number of alkyl halides is 2. The topological polar surface area (TPSA) is 220 Å². The number of ether oxygens (including phenoxy) is 1. The summed E-state index contributed by atoms with van der Waals surface area (Å²) in [6.45, 7) is 6.01. The van der Waals surface area contributed by atoms with Crippen LogP contribution in [0.15, 0.2) is 79.3 Å². The van der Waals surface area contributed by atoms with Crippen LogP contribution in [0, 0.1) is 11.7 Å². The fourth-order valence-corrected chi connectivity index (χ4v) is 11.3. The Balaban J connectivity index is 0.757. The summed E-state index contributed by atoms with van der Waals surface area (Å²) in [5.74, 6) is -5.52. The van der Waals surface area contributed by atoms with Gasteiger partial charge in [-0.3, -0.25) is 43.5 Å². The molecule has 18 nitrogen and oxygen atoms in total. The molecule has 4 aliphatic rings. The Hall–Kier alpha value is -7.33. The number of hydrogen-bond donors (Lipinski definition) is 3. The molecule has 382 valence electrons. The van der Waals surface area contributed by atoms with Crippen LogP contribution in [0.1, 0.15) is 96.7 Å². The van der Waals surface area contributed by atoms with Gasteiger partial charge in [-0.15, -0.1) is 0 Å². The number of fused-ring (bicyclic) bond motifs is 2. The number of piperidine rings is 3. The number of aromatic nitrogens is 5. The van der Waals surface area contributed by atoms with Gasteiger partial charge in [-0.25, -0.2) is 17.8 Å². The van der Waals surface area contributed by atoms with Crippen molar-refractivity contribution in [2.75, 3.05) is 48.1 Å². The van der Waals surface area contributed by atoms with Gasteiger partial charge in [0.15, 0.2) is 0 Å². The van der Waals surface area contributed by atoms with Crippen molar-refractivity contribution < 1.29 is 45.5 Å². The summed E-state index contributed by atoms with van der Waals surface area (Å²) in [6, 6.07) is 14.3. The van der Waals surface area contributed by atoms with Gasteiger partial charge < -0.3 is 20.3 Å². The molecule has 73 heavy (non-hydrogen) atoms. The number of anilines is 3. The molecule has 7 heterocycles. The number of aryl methyl sites for hydroxylation is 1. The van der Waals surface area contributed by atoms with Crippen LogP contribution in [-0.2, 0) is 26.7 Å². The monoisotopic (exact) mass is 1020 g/mol. The number of nitrogen functional groups attached to an aromatic ring is 1. The first-order valence-corrected chi connectivity index (χ1v) is 25.9. The molecule has 0 spiro atoms. The lowest BCUT2D eigenvalue weighted by Crippen LogP contribution is -2.54. The average molecular weight is 1020 g/mol. The second-order valence-corrected chi connectivity index (χ2v) is 20.8. The number of imide groups is 2. The van der Waals surface area contributed by atoms with E-state index in [1.165, 1.54) is 42.5 Å². The molecular formula is C51H54F3N11O7S. The number of sulfonamides is 1. The van der Waals surface area contributed by atoms with Gasteiger partial charge in [0.2, 0.25) is 11.8 Å². The van der Waals surface area contributed by atoms with Crippen LogP contribution in [0.3, 0.4) is 0 Å². The summed E-state index contributed by atoms with van der Waals surface area (Å²) in [5, 5.41) is 12.4. The summed E-state index contributed by atoms with van der Waals surface area (Å²) >= 11 is 0. The third kappa shape index (κ3) is 9.72. The van der Waals surface area contributed by atoms with E-state index in [1.807, 2.05) is 21.7 Å². The van der Waals surface area contributed by atoms with Gasteiger partial charge >= 0.3 is 5.76 Å². The van der Waals surface area contributed by atoms with E-state index in [4.69, 9.17) is 20.7 Å². The lowest BCUT2D eigenvalue weighted by Gasteiger charge is -2.35. The van der Waals surface area contributed by atoms with Gasteiger partial charge in [-0.2, -0.15) is 19.0 Å². The summed E-state index contributed by atoms with van der Waals surface area (Å²) in [6.07, 6.45) is 10.8. The van der Waals surface area contributed by atoms with Gasteiger partial charge in [-0.05, 0) is 106 Å². The zero-order valence-electron chi connectivity index (χ0n) is 40.1. The largest absolute Gasteiger partial charge is 0.484 e. The van der Waals surface area contributed by atoms with E-state index in [0.29, 0.717) is 50.5 Å². The van der Waals surface area contributed by atoms with Gasteiger partial charge in [0.1, 0.15) is 35.2 Å². The van der Waals surface area contributed by atoms with Crippen LogP contribution in [0.2, 0.25) is 0 Å². The minimum Gasteiger partial charge on any atom is -0.484 e. The first-order chi connectivity index (χ1) is 35.0. The number of nitrogens with zero attached hydrogens (tertiary/aromatic N) is 8. The van der Waals surface area contributed by atoms with Crippen LogP contribution in [0.4, 0.5) is 30.4 Å². The number of amides is 4.